The molecule has 1 saturated heterocycles. The van der Waals surface area contributed by atoms with Crippen LogP contribution in [0.4, 0.5) is 5.82 Å². The fourth-order valence-electron chi connectivity index (χ4n) is 3.25. The van der Waals surface area contributed by atoms with Gasteiger partial charge in [0.15, 0.2) is 0 Å². The molecule has 10 heteroatoms. The molecule has 3 heterocycles. The molecule has 0 amide bonds. The van der Waals surface area contributed by atoms with Crippen molar-refractivity contribution in [2.24, 2.45) is 0 Å². The van der Waals surface area contributed by atoms with E-state index in [0.717, 1.165) is 24.6 Å². The minimum absolute atomic E-state index is 0.0253. The van der Waals surface area contributed by atoms with Crippen molar-refractivity contribution in [1.29, 1.82) is 0 Å². The van der Waals surface area contributed by atoms with E-state index in [1.807, 2.05) is 19.9 Å². The van der Waals surface area contributed by atoms with Gasteiger partial charge in [-0.15, -0.1) is 0 Å². The molecule has 0 radical (unpaired) electrons. The van der Waals surface area contributed by atoms with Crippen LogP contribution in [0.3, 0.4) is 0 Å². The highest BCUT2D eigenvalue weighted by Gasteiger charge is 2.24. The molecule has 0 aliphatic carbocycles. The van der Waals surface area contributed by atoms with E-state index in [1.165, 1.54) is 0 Å². The van der Waals surface area contributed by atoms with Gasteiger partial charge in [0.05, 0.1) is 31.1 Å². The van der Waals surface area contributed by atoms with Crippen LogP contribution >= 0.6 is 0 Å². The van der Waals surface area contributed by atoms with Gasteiger partial charge in [0, 0.05) is 31.4 Å². The summed E-state index contributed by atoms with van der Waals surface area (Å²) in [7, 11) is -3.71. The Morgan fingerprint density at radius 1 is 1.19 bits per heavy atom. The van der Waals surface area contributed by atoms with Gasteiger partial charge in [0.2, 0.25) is 10.0 Å². The summed E-state index contributed by atoms with van der Waals surface area (Å²) in [6.45, 7) is 10.7. The summed E-state index contributed by atoms with van der Waals surface area (Å²) in [6.07, 6.45) is 0. The molecule has 2 aromatic rings. The van der Waals surface area contributed by atoms with E-state index in [1.54, 1.807) is 18.5 Å². The smallest absolute Gasteiger partial charge is 0.244 e. The van der Waals surface area contributed by atoms with Gasteiger partial charge in [-0.25, -0.2) is 23.1 Å². The number of nitrogens with one attached hydrogen (secondary N) is 1. The Kier molecular flexibility index (Phi) is 5.78. The average molecular weight is 395 g/mol. The number of anilines is 1. The Labute approximate surface area is 159 Å². The van der Waals surface area contributed by atoms with E-state index in [0.29, 0.717) is 37.0 Å². The summed E-state index contributed by atoms with van der Waals surface area (Å²) in [6, 6.07) is 1.91. The zero-order valence-electron chi connectivity index (χ0n) is 16.2. The summed E-state index contributed by atoms with van der Waals surface area (Å²) >= 11 is 0. The number of aryl methyl sites for hydroxylation is 3. The molecule has 1 aliphatic heterocycles. The van der Waals surface area contributed by atoms with E-state index in [4.69, 9.17) is 4.74 Å². The molecule has 1 N–H and O–H groups in total. The maximum atomic E-state index is 12.8. The van der Waals surface area contributed by atoms with Crippen molar-refractivity contribution >= 4 is 15.8 Å². The second kappa shape index (κ2) is 7.91. The van der Waals surface area contributed by atoms with Crippen molar-refractivity contribution in [2.45, 2.75) is 45.7 Å². The molecule has 0 saturated carbocycles. The summed E-state index contributed by atoms with van der Waals surface area (Å²) < 4.78 is 35.3. The maximum Gasteiger partial charge on any atom is 0.244 e. The number of ether oxygens (including phenoxy) is 1. The molecule has 0 aromatic carbocycles. The van der Waals surface area contributed by atoms with Crippen molar-refractivity contribution in [2.75, 3.05) is 31.2 Å². The minimum Gasteiger partial charge on any atom is -0.378 e. The number of morpholine rings is 1. The largest absolute Gasteiger partial charge is 0.378 e. The van der Waals surface area contributed by atoms with Crippen LogP contribution in [0.5, 0.6) is 0 Å². The van der Waals surface area contributed by atoms with E-state index in [2.05, 4.69) is 24.7 Å². The van der Waals surface area contributed by atoms with Crippen molar-refractivity contribution in [3.8, 4) is 0 Å². The van der Waals surface area contributed by atoms with Crippen molar-refractivity contribution in [3.05, 3.63) is 29.0 Å². The Morgan fingerprint density at radius 2 is 1.89 bits per heavy atom. The van der Waals surface area contributed by atoms with Gasteiger partial charge in [-0.2, -0.15) is 5.10 Å². The van der Waals surface area contributed by atoms with E-state index in [9.17, 15) is 8.42 Å². The Morgan fingerprint density at radius 3 is 2.52 bits per heavy atom. The topological polar surface area (TPSA) is 102 Å². The van der Waals surface area contributed by atoms with Crippen molar-refractivity contribution in [1.82, 2.24) is 24.5 Å². The van der Waals surface area contributed by atoms with Crippen LogP contribution < -0.4 is 9.62 Å². The minimum atomic E-state index is -3.71. The lowest BCUT2D eigenvalue weighted by Crippen LogP contribution is -2.37. The number of hydrogen-bond donors (Lipinski definition) is 1. The van der Waals surface area contributed by atoms with Gasteiger partial charge in [-0.3, -0.25) is 4.68 Å². The molecule has 27 heavy (non-hydrogen) atoms. The molecule has 0 atom stereocenters. The normalized spacial score (nSPS) is 15.3. The number of hydrogen-bond acceptors (Lipinski definition) is 7. The SMILES string of the molecule is CCn1nc(C)c(S(=O)(=O)NCc2nc(C)cc(N3CCOCC3)n2)c1C. The Bertz CT molecular complexity index is 919. The van der Waals surface area contributed by atoms with Crippen molar-refractivity contribution in [3.63, 3.8) is 0 Å². The van der Waals surface area contributed by atoms with E-state index >= 15 is 0 Å². The van der Waals surface area contributed by atoms with Gasteiger partial charge >= 0.3 is 0 Å². The van der Waals surface area contributed by atoms with Crippen LogP contribution in [0.25, 0.3) is 0 Å². The highest BCUT2D eigenvalue weighted by atomic mass is 32.2. The van der Waals surface area contributed by atoms with Crippen LogP contribution in [-0.4, -0.2) is 54.5 Å². The molecule has 9 nitrogen and oxygen atoms in total. The average Bonchev–Trinajstić information content (AvgIpc) is 2.94. The monoisotopic (exact) mass is 394 g/mol. The van der Waals surface area contributed by atoms with Gasteiger partial charge < -0.3 is 9.64 Å². The second-order valence-electron chi connectivity index (χ2n) is 6.52. The number of aromatic nitrogens is 4. The summed E-state index contributed by atoms with van der Waals surface area (Å²) in [5.41, 5.74) is 1.91. The third-order valence-corrected chi connectivity index (χ3v) is 6.18. The number of nitrogens with zero attached hydrogens (tertiary/aromatic N) is 5. The molecule has 148 valence electrons. The highest BCUT2D eigenvalue weighted by molar-refractivity contribution is 7.89. The lowest BCUT2D eigenvalue weighted by Gasteiger charge is -2.28. The third kappa shape index (κ3) is 4.28. The molecule has 1 aliphatic rings. The molecule has 1 fully saturated rings. The van der Waals surface area contributed by atoms with Crippen molar-refractivity contribution < 1.29 is 13.2 Å². The third-order valence-electron chi connectivity index (χ3n) is 4.53. The molecule has 0 unspecified atom stereocenters. The molecule has 3 rings (SSSR count). The Hall–Kier alpha value is -2.04. The maximum absolute atomic E-state index is 12.8. The van der Waals surface area contributed by atoms with Crippen LogP contribution in [0.15, 0.2) is 11.0 Å². The number of sulfonamides is 1. The van der Waals surface area contributed by atoms with Crippen LogP contribution in [0, 0.1) is 20.8 Å². The molecular weight excluding hydrogens is 368 g/mol. The van der Waals surface area contributed by atoms with Crippen LogP contribution in [0.1, 0.15) is 29.8 Å². The number of rotatable bonds is 6. The first-order valence-electron chi connectivity index (χ1n) is 9.02. The highest BCUT2D eigenvalue weighted by Crippen LogP contribution is 2.20. The fraction of sp³-hybridized carbons (Fsp3) is 0.588. The first kappa shape index (κ1) is 19.7. The first-order chi connectivity index (χ1) is 12.8. The summed E-state index contributed by atoms with van der Waals surface area (Å²) in [5, 5.41) is 4.29. The molecular formula is C17H26N6O3S. The fourth-order valence-corrected chi connectivity index (χ4v) is 4.64. The lowest BCUT2D eigenvalue weighted by molar-refractivity contribution is 0.122. The van der Waals surface area contributed by atoms with E-state index in [-0.39, 0.29) is 11.4 Å². The van der Waals surface area contributed by atoms with Gasteiger partial charge in [-0.05, 0) is 27.7 Å². The van der Waals surface area contributed by atoms with E-state index < -0.39 is 10.0 Å². The predicted molar refractivity (Wildman–Crippen MR) is 101 cm³/mol. The lowest BCUT2D eigenvalue weighted by atomic mass is 10.3. The zero-order valence-corrected chi connectivity index (χ0v) is 17.0. The predicted octanol–water partition coefficient (Wildman–Crippen LogP) is 0.933. The van der Waals surface area contributed by atoms with Crippen LogP contribution in [0.2, 0.25) is 0 Å². The Balaban J connectivity index is 1.80. The summed E-state index contributed by atoms with van der Waals surface area (Å²) in [4.78, 5) is 11.3. The van der Waals surface area contributed by atoms with Gasteiger partial charge in [0.1, 0.15) is 16.5 Å². The molecule has 0 bridgehead atoms. The van der Waals surface area contributed by atoms with Gasteiger partial charge in [-0.1, -0.05) is 0 Å². The summed E-state index contributed by atoms with van der Waals surface area (Å²) in [5.74, 6) is 1.24. The zero-order chi connectivity index (χ0) is 19.6. The van der Waals surface area contributed by atoms with Crippen LogP contribution in [-0.2, 0) is 27.8 Å². The molecule has 2 aromatic heterocycles. The standard InChI is InChI=1S/C17H26N6O3S/c1-5-23-14(4)17(13(3)21-23)27(24,25)18-11-15-19-12(2)10-16(20-15)22-6-8-26-9-7-22/h10,18H,5-9,11H2,1-4H3. The quantitative estimate of drug-likeness (QED) is 0.778. The first-order valence-corrected chi connectivity index (χ1v) is 10.5. The van der Waals surface area contributed by atoms with Gasteiger partial charge in [0.25, 0.3) is 0 Å². The molecule has 0 spiro atoms. The second-order valence-corrected chi connectivity index (χ2v) is 8.23.